The van der Waals surface area contributed by atoms with Gasteiger partial charge >= 0.3 is 0 Å². The Kier molecular flexibility index (Phi) is 4.54. The maximum absolute atomic E-state index is 12.6. The first-order valence-corrected chi connectivity index (χ1v) is 9.91. The Morgan fingerprint density at radius 3 is 2.54 bits per heavy atom. The van der Waals surface area contributed by atoms with E-state index in [1.54, 1.807) is 11.0 Å². The summed E-state index contributed by atoms with van der Waals surface area (Å²) in [5, 5.41) is 17.4. The van der Waals surface area contributed by atoms with Gasteiger partial charge in [0, 0.05) is 43.3 Å². The van der Waals surface area contributed by atoms with Crippen LogP contribution in [0.25, 0.3) is 0 Å². The number of carbonyl (C=O) groups is 2. The molecule has 0 spiro atoms. The van der Waals surface area contributed by atoms with Crippen LogP contribution in [0.2, 0.25) is 0 Å². The standard InChI is InChI=1S/C20H22N2O3S/c23-18(15-6-11-26-13-15)22-9-7-20(25,8-10-22)19(24)21-17-12-16(17)14-4-2-1-3-5-14/h1-6,11,13,16-17,25H,7-10,12H2,(H,21,24)/t16-,17+/m0/s1. The summed E-state index contributed by atoms with van der Waals surface area (Å²) in [4.78, 5) is 26.7. The fourth-order valence-corrected chi connectivity index (χ4v) is 4.23. The van der Waals surface area contributed by atoms with E-state index < -0.39 is 5.60 Å². The molecule has 2 N–H and O–H groups in total. The molecule has 0 unspecified atom stereocenters. The molecule has 1 saturated carbocycles. The van der Waals surface area contributed by atoms with Gasteiger partial charge in [0.25, 0.3) is 11.8 Å². The summed E-state index contributed by atoms with van der Waals surface area (Å²) in [6.45, 7) is 0.788. The van der Waals surface area contributed by atoms with Crippen LogP contribution >= 0.6 is 11.3 Å². The van der Waals surface area contributed by atoms with Gasteiger partial charge in [0.1, 0.15) is 5.60 Å². The Morgan fingerprint density at radius 2 is 1.88 bits per heavy atom. The highest BCUT2D eigenvalue weighted by Gasteiger charge is 2.45. The Balaban J connectivity index is 1.31. The van der Waals surface area contributed by atoms with Crippen molar-refractivity contribution in [1.82, 2.24) is 10.2 Å². The Bertz CT molecular complexity index is 783. The van der Waals surface area contributed by atoms with E-state index in [2.05, 4.69) is 17.4 Å². The molecule has 2 amide bonds. The second-order valence-corrected chi connectivity index (χ2v) is 7.95. The molecule has 0 bridgehead atoms. The van der Waals surface area contributed by atoms with Gasteiger partial charge in [0.2, 0.25) is 0 Å². The van der Waals surface area contributed by atoms with Crippen molar-refractivity contribution in [3.63, 3.8) is 0 Å². The highest BCUT2D eigenvalue weighted by atomic mass is 32.1. The molecule has 2 aliphatic rings. The van der Waals surface area contributed by atoms with Crippen LogP contribution in [0.1, 0.15) is 41.1 Å². The van der Waals surface area contributed by atoms with Gasteiger partial charge < -0.3 is 15.3 Å². The van der Waals surface area contributed by atoms with E-state index in [-0.39, 0.29) is 30.7 Å². The third kappa shape index (κ3) is 3.39. The van der Waals surface area contributed by atoms with Crippen LogP contribution in [-0.2, 0) is 4.79 Å². The van der Waals surface area contributed by atoms with Crippen molar-refractivity contribution < 1.29 is 14.7 Å². The van der Waals surface area contributed by atoms with Crippen molar-refractivity contribution in [2.45, 2.75) is 36.8 Å². The lowest BCUT2D eigenvalue weighted by molar-refractivity contribution is -0.144. The minimum absolute atomic E-state index is 0.0277. The molecule has 1 aromatic heterocycles. The zero-order valence-electron chi connectivity index (χ0n) is 14.4. The molecule has 1 saturated heterocycles. The molecule has 6 heteroatoms. The number of hydrogen-bond donors (Lipinski definition) is 2. The van der Waals surface area contributed by atoms with Crippen LogP contribution in [0.15, 0.2) is 47.2 Å². The number of thiophene rings is 1. The average molecular weight is 370 g/mol. The molecular formula is C20H22N2O3S. The number of piperidine rings is 1. The Labute approximate surface area is 156 Å². The summed E-state index contributed by atoms with van der Waals surface area (Å²) in [5.41, 5.74) is 0.518. The number of likely N-dealkylation sites (tertiary alicyclic amines) is 1. The van der Waals surface area contributed by atoms with Crippen LogP contribution in [-0.4, -0.2) is 46.6 Å². The lowest BCUT2D eigenvalue weighted by Crippen LogP contribution is -2.55. The predicted molar refractivity (Wildman–Crippen MR) is 100 cm³/mol. The van der Waals surface area contributed by atoms with E-state index in [0.717, 1.165) is 6.42 Å². The molecule has 1 aliphatic carbocycles. The van der Waals surface area contributed by atoms with Crippen LogP contribution in [0.5, 0.6) is 0 Å². The number of nitrogens with one attached hydrogen (secondary N) is 1. The largest absolute Gasteiger partial charge is 0.380 e. The lowest BCUT2D eigenvalue weighted by Gasteiger charge is -2.37. The fourth-order valence-electron chi connectivity index (χ4n) is 3.60. The van der Waals surface area contributed by atoms with E-state index in [9.17, 15) is 14.7 Å². The maximum Gasteiger partial charge on any atom is 0.254 e. The van der Waals surface area contributed by atoms with Crippen molar-refractivity contribution in [3.8, 4) is 0 Å². The highest BCUT2D eigenvalue weighted by Crippen LogP contribution is 2.41. The predicted octanol–water partition coefficient (Wildman–Crippen LogP) is 2.39. The molecular weight excluding hydrogens is 348 g/mol. The van der Waals surface area contributed by atoms with E-state index in [1.165, 1.54) is 16.9 Å². The van der Waals surface area contributed by atoms with Crippen LogP contribution in [0, 0.1) is 0 Å². The van der Waals surface area contributed by atoms with E-state index in [0.29, 0.717) is 24.6 Å². The molecule has 0 radical (unpaired) electrons. The molecule has 5 nitrogen and oxygen atoms in total. The lowest BCUT2D eigenvalue weighted by atomic mass is 9.90. The third-order valence-electron chi connectivity index (χ3n) is 5.40. The van der Waals surface area contributed by atoms with Gasteiger partial charge in [-0.05, 0) is 23.4 Å². The number of nitrogens with zero attached hydrogens (tertiary/aromatic N) is 1. The van der Waals surface area contributed by atoms with Crippen molar-refractivity contribution in [1.29, 1.82) is 0 Å². The molecule has 136 valence electrons. The normalized spacial score (nSPS) is 24.1. The van der Waals surface area contributed by atoms with Crippen molar-refractivity contribution in [2.24, 2.45) is 0 Å². The first-order valence-electron chi connectivity index (χ1n) is 8.96. The summed E-state index contributed by atoms with van der Waals surface area (Å²) < 4.78 is 0. The summed E-state index contributed by atoms with van der Waals surface area (Å²) in [7, 11) is 0. The van der Waals surface area contributed by atoms with Crippen LogP contribution in [0.3, 0.4) is 0 Å². The van der Waals surface area contributed by atoms with Crippen molar-refractivity contribution in [2.75, 3.05) is 13.1 Å². The summed E-state index contributed by atoms with van der Waals surface area (Å²) in [6.07, 6.45) is 1.46. The quantitative estimate of drug-likeness (QED) is 0.868. The molecule has 4 rings (SSSR count). The molecule has 2 fully saturated rings. The smallest absolute Gasteiger partial charge is 0.254 e. The monoisotopic (exact) mass is 370 g/mol. The number of carbonyl (C=O) groups excluding carboxylic acids is 2. The number of aliphatic hydroxyl groups is 1. The number of rotatable bonds is 4. The van der Waals surface area contributed by atoms with Gasteiger partial charge in [-0.15, -0.1) is 0 Å². The number of amides is 2. The highest BCUT2D eigenvalue weighted by molar-refractivity contribution is 7.08. The van der Waals surface area contributed by atoms with Crippen LogP contribution in [0.4, 0.5) is 0 Å². The van der Waals surface area contributed by atoms with E-state index in [1.807, 2.05) is 29.0 Å². The van der Waals surface area contributed by atoms with Crippen LogP contribution < -0.4 is 5.32 Å². The molecule has 2 aromatic rings. The van der Waals surface area contributed by atoms with Gasteiger partial charge in [-0.1, -0.05) is 30.3 Å². The third-order valence-corrected chi connectivity index (χ3v) is 6.09. The van der Waals surface area contributed by atoms with Gasteiger partial charge in [0.05, 0.1) is 5.56 Å². The van der Waals surface area contributed by atoms with E-state index in [4.69, 9.17) is 0 Å². The van der Waals surface area contributed by atoms with Gasteiger partial charge in [-0.25, -0.2) is 0 Å². The zero-order valence-corrected chi connectivity index (χ0v) is 15.2. The van der Waals surface area contributed by atoms with Gasteiger partial charge in [-0.3, -0.25) is 9.59 Å². The van der Waals surface area contributed by atoms with Gasteiger partial charge in [0.15, 0.2) is 0 Å². The van der Waals surface area contributed by atoms with Crippen molar-refractivity contribution >= 4 is 23.2 Å². The first kappa shape index (κ1) is 17.2. The molecule has 2 atom stereocenters. The summed E-state index contributed by atoms with van der Waals surface area (Å²) >= 11 is 1.49. The number of benzene rings is 1. The Hall–Kier alpha value is -2.18. The minimum atomic E-state index is -1.38. The minimum Gasteiger partial charge on any atom is -0.380 e. The SMILES string of the molecule is O=C(c1ccsc1)N1CCC(O)(C(=O)N[C@@H]2C[C@H]2c2ccccc2)CC1. The maximum atomic E-state index is 12.6. The molecule has 1 aliphatic heterocycles. The second-order valence-electron chi connectivity index (χ2n) is 7.17. The average Bonchev–Trinajstić information content (AvgIpc) is 3.21. The van der Waals surface area contributed by atoms with E-state index >= 15 is 0 Å². The molecule has 26 heavy (non-hydrogen) atoms. The molecule has 2 heterocycles. The first-order chi connectivity index (χ1) is 12.6. The topological polar surface area (TPSA) is 69.6 Å². The number of hydrogen-bond acceptors (Lipinski definition) is 4. The van der Waals surface area contributed by atoms with Gasteiger partial charge in [-0.2, -0.15) is 11.3 Å². The Morgan fingerprint density at radius 1 is 1.15 bits per heavy atom. The van der Waals surface area contributed by atoms with Crippen molar-refractivity contribution in [3.05, 3.63) is 58.3 Å². The zero-order chi connectivity index (χ0) is 18.1. The fraction of sp³-hybridized carbons (Fsp3) is 0.400. The summed E-state index contributed by atoms with van der Waals surface area (Å²) in [6, 6.07) is 12.0. The summed E-state index contributed by atoms with van der Waals surface area (Å²) in [5.74, 6) is 0.00705. The molecule has 1 aromatic carbocycles. The second kappa shape index (κ2) is 6.85.